The van der Waals surface area contributed by atoms with Crippen molar-refractivity contribution in [3.8, 4) is 5.75 Å². The minimum Gasteiger partial charge on any atom is -0.493 e. The average Bonchev–Trinajstić information content (AvgIpc) is 2.53. The predicted molar refractivity (Wildman–Crippen MR) is 78.0 cm³/mol. The van der Waals surface area contributed by atoms with Crippen molar-refractivity contribution in [2.45, 2.75) is 13.0 Å². The van der Waals surface area contributed by atoms with E-state index in [1.54, 1.807) is 0 Å². The number of ether oxygens (including phenoxy) is 2. The molecule has 2 rings (SSSR count). The molecule has 0 aliphatic carbocycles. The summed E-state index contributed by atoms with van der Waals surface area (Å²) in [5, 5.41) is 0. The fraction of sp³-hybridized carbons (Fsp3) is 0.235. The number of carbonyl (C=O) groups is 1. The maximum absolute atomic E-state index is 13.1. The number of hydrogen-bond acceptors (Lipinski definition) is 3. The van der Waals surface area contributed by atoms with Crippen molar-refractivity contribution in [3.63, 3.8) is 0 Å². The summed E-state index contributed by atoms with van der Waals surface area (Å²) in [7, 11) is 0. The standard InChI is InChI=1S/C17H17FO3/c18-17-8-7-16(11-15(17)12-19)21-10-4-9-20-13-14-5-2-1-3-6-14/h1-3,5-8,11-12H,4,9-10,13H2. The number of carbonyl (C=O) groups excluding carboxylic acids is 1. The van der Waals surface area contributed by atoms with Crippen molar-refractivity contribution in [2.75, 3.05) is 13.2 Å². The maximum Gasteiger partial charge on any atom is 0.153 e. The molecule has 0 N–H and O–H groups in total. The molecule has 0 amide bonds. The van der Waals surface area contributed by atoms with Gasteiger partial charge in [-0.05, 0) is 23.8 Å². The van der Waals surface area contributed by atoms with Gasteiger partial charge in [0.15, 0.2) is 6.29 Å². The molecule has 2 aromatic carbocycles. The van der Waals surface area contributed by atoms with Gasteiger partial charge < -0.3 is 9.47 Å². The molecule has 0 bridgehead atoms. The molecule has 0 aliphatic rings. The van der Waals surface area contributed by atoms with Gasteiger partial charge in [0.05, 0.1) is 25.4 Å². The molecule has 0 spiro atoms. The van der Waals surface area contributed by atoms with Crippen molar-refractivity contribution < 1.29 is 18.7 Å². The highest BCUT2D eigenvalue weighted by Crippen LogP contribution is 2.15. The molecule has 0 radical (unpaired) electrons. The third-order valence-electron chi connectivity index (χ3n) is 2.91. The quantitative estimate of drug-likeness (QED) is 0.549. The Bertz CT molecular complexity index is 570. The smallest absolute Gasteiger partial charge is 0.153 e. The second kappa shape index (κ2) is 8.17. The number of halogens is 1. The summed E-state index contributed by atoms with van der Waals surface area (Å²) in [6.45, 7) is 1.61. The van der Waals surface area contributed by atoms with Gasteiger partial charge >= 0.3 is 0 Å². The summed E-state index contributed by atoms with van der Waals surface area (Å²) in [4.78, 5) is 10.6. The van der Waals surface area contributed by atoms with Crippen LogP contribution in [-0.2, 0) is 11.3 Å². The van der Waals surface area contributed by atoms with Crippen molar-refractivity contribution in [2.24, 2.45) is 0 Å². The van der Waals surface area contributed by atoms with Gasteiger partial charge in [0.2, 0.25) is 0 Å². The second-order valence-corrected chi connectivity index (χ2v) is 4.54. The van der Waals surface area contributed by atoms with Gasteiger partial charge in [-0.25, -0.2) is 4.39 Å². The van der Waals surface area contributed by atoms with Gasteiger partial charge in [0.1, 0.15) is 11.6 Å². The molecular weight excluding hydrogens is 271 g/mol. The molecule has 0 fully saturated rings. The lowest BCUT2D eigenvalue weighted by molar-refractivity contribution is 0.107. The van der Waals surface area contributed by atoms with E-state index in [-0.39, 0.29) is 5.56 Å². The minimum atomic E-state index is -0.538. The summed E-state index contributed by atoms with van der Waals surface area (Å²) in [5.74, 6) is -0.0508. The highest BCUT2D eigenvalue weighted by molar-refractivity contribution is 5.75. The van der Waals surface area contributed by atoms with Crippen LogP contribution in [0.4, 0.5) is 4.39 Å². The Morgan fingerprint density at radius 1 is 1.05 bits per heavy atom. The number of rotatable bonds is 8. The lowest BCUT2D eigenvalue weighted by atomic mass is 10.2. The molecule has 0 saturated carbocycles. The summed E-state index contributed by atoms with van der Waals surface area (Å²) in [6, 6.07) is 14.1. The Labute approximate surface area is 123 Å². The molecule has 3 nitrogen and oxygen atoms in total. The largest absolute Gasteiger partial charge is 0.493 e. The molecule has 21 heavy (non-hydrogen) atoms. The third-order valence-corrected chi connectivity index (χ3v) is 2.91. The van der Waals surface area contributed by atoms with Crippen molar-refractivity contribution in [1.29, 1.82) is 0 Å². The Balaban J connectivity index is 1.65. The van der Waals surface area contributed by atoms with E-state index in [9.17, 15) is 9.18 Å². The number of aldehydes is 1. The molecule has 110 valence electrons. The molecule has 2 aromatic rings. The van der Waals surface area contributed by atoms with Gasteiger partial charge in [-0.2, -0.15) is 0 Å². The molecule has 0 unspecified atom stereocenters. The third kappa shape index (κ3) is 5.00. The lowest BCUT2D eigenvalue weighted by Crippen LogP contribution is -2.03. The van der Waals surface area contributed by atoms with Crippen LogP contribution in [-0.4, -0.2) is 19.5 Å². The Hall–Kier alpha value is -2.20. The van der Waals surface area contributed by atoms with Crippen LogP contribution in [0.5, 0.6) is 5.75 Å². The van der Waals surface area contributed by atoms with Crippen molar-refractivity contribution in [3.05, 3.63) is 65.5 Å². The van der Waals surface area contributed by atoms with E-state index in [2.05, 4.69) is 0 Å². The van der Waals surface area contributed by atoms with E-state index in [0.29, 0.717) is 31.9 Å². The SMILES string of the molecule is O=Cc1cc(OCCCOCc2ccccc2)ccc1F. The van der Waals surface area contributed by atoms with Gasteiger partial charge in [-0.15, -0.1) is 0 Å². The zero-order chi connectivity index (χ0) is 14.9. The highest BCUT2D eigenvalue weighted by atomic mass is 19.1. The summed E-state index contributed by atoms with van der Waals surface area (Å²) >= 11 is 0. The van der Waals surface area contributed by atoms with Crippen molar-refractivity contribution in [1.82, 2.24) is 0 Å². The second-order valence-electron chi connectivity index (χ2n) is 4.54. The van der Waals surface area contributed by atoms with Crippen LogP contribution in [0.3, 0.4) is 0 Å². The normalized spacial score (nSPS) is 10.3. The van der Waals surface area contributed by atoms with Gasteiger partial charge in [-0.3, -0.25) is 4.79 Å². The minimum absolute atomic E-state index is 0.00725. The fourth-order valence-electron chi connectivity index (χ4n) is 1.82. The Morgan fingerprint density at radius 2 is 1.86 bits per heavy atom. The fourth-order valence-corrected chi connectivity index (χ4v) is 1.82. The van der Waals surface area contributed by atoms with Gasteiger partial charge in [0.25, 0.3) is 0 Å². The summed E-state index contributed by atoms with van der Waals surface area (Å²) in [5.41, 5.74) is 1.14. The predicted octanol–water partition coefficient (Wildman–Crippen LogP) is 3.62. The molecular formula is C17H17FO3. The molecule has 0 saturated heterocycles. The summed E-state index contributed by atoms with van der Waals surface area (Å²) in [6.07, 6.45) is 1.20. The first-order valence-electron chi connectivity index (χ1n) is 6.79. The molecule has 0 aromatic heterocycles. The Kier molecular flexibility index (Phi) is 5.91. The van der Waals surface area contributed by atoms with Crippen LogP contribution in [0.1, 0.15) is 22.3 Å². The number of hydrogen-bond donors (Lipinski definition) is 0. The molecule has 0 heterocycles. The van der Waals surface area contributed by atoms with E-state index in [4.69, 9.17) is 9.47 Å². The van der Waals surface area contributed by atoms with Crippen LogP contribution in [0.2, 0.25) is 0 Å². The zero-order valence-electron chi connectivity index (χ0n) is 11.6. The van der Waals surface area contributed by atoms with E-state index in [1.165, 1.54) is 18.2 Å². The maximum atomic E-state index is 13.1. The first kappa shape index (κ1) is 15.2. The van der Waals surface area contributed by atoms with E-state index < -0.39 is 5.82 Å². The van der Waals surface area contributed by atoms with E-state index in [1.807, 2.05) is 30.3 Å². The van der Waals surface area contributed by atoms with Crippen LogP contribution in [0.25, 0.3) is 0 Å². The average molecular weight is 288 g/mol. The van der Waals surface area contributed by atoms with E-state index in [0.717, 1.165) is 12.0 Å². The Morgan fingerprint density at radius 3 is 2.62 bits per heavy atom. The highest BCUT2D eigenvalue weighted by Gasteiger charge is 2.03. The van der Waals surface area contributed by atoms with Crippen molar-refractivity contribution >= 4 is 6.29 Å². The number of benzene rings is 2. The van der Waals surface area contributed by atoms with Crippen LogP contribution in [0.15, 0.2) is 48.5 Å². The van der Waals surface area contributed by atoms with Crippen LogP contribution >= 0.6 is 0 Å². The summed E-state index contributed by atoms with van der Waals surface area (Å²) < 4.78 is 24.1. The molecule has 0 aliphatic heterocycles. The molecule has 4 heteroatoms. The van der Waals surface area contributed by atoms with Gasteiger partial charge in [-0.1, -0.05) is 30.3 Å². The topological polar surface area (TPSA) is 35.5 Å². The van der Waals surface area contributed by atoms with Gasteiger partial charge in [0, 0.05) is 6.42 Å². The van der Waals surface area contributed by atoms with Crippen LogP contribution < -0.4 is 4.74 Å². The van der Waals surface area contributed by atoms with E-state index >= 15 is 0 Å². The molecule has 0 atom stereocenters. The zero-order valence-corrected chi connectivity index (χ0v) is 11.6. The van der Waals surface area contributed by atoms with Crippen LogP contribution in [0, 0.1) is 5.82 Å². The lowest BCUT2D eigenvalue weighted by Gasteiger charge is -2.08. The first-order chi connectivity index (χ1) is 10.3. The first-order valence-corrected chi connectivity index (χ1v) is 6.79. The monoisotopic (exact) mass is 288 g/mol.